The molecule has 154 valence electrons. The van der Waals surface area contributed by atoms with E-state index in [1.165, 1.54) is 0 Å². The van der Waals surface area contributed by atoms with Gasteiger partial charge in [0, 0.05) is 42.7 Å². The van der Waals surface area contributed by atoms with Gasteiger partial charge in [-0.3, -0.25) is 19.7 Å². The number of nitrogens with zero attached hydrogens (tertiary/aromatic N) is 4. The number of ether oxygens (including phenoxy) is 1. The van der Waals surface area contributed by atoms with Crippen molar-refractivity contribution in [2.75, 3.05) is 7.11 Å². The van der Waals surface area contributed by atoms with Gasteiger partial charge in [0.2, 0.25) is 5.91 Å². The van der Waals surface area contributed by atoms with Crippen LogP contribution in [-0.2, 0) is 17.0 Å². The summed E-state index contributed by atoms with van der Waals surface area (Å²) in [5, 5.41) is 14.4. The molecule has 3 amide bonds. The van der Waals surface area contributed by atoms with Crippen molar-refractivity contribution < 1.29 is 14.3 Å². The number of carbonyl (C=O) groups is 2. The lowest BCUT2D eigenvalue weighted by atomic mass is 10.1. The third-order valence-corrected chi connectivity index (χ3v) is 5.57. The second kappa shape index (κ2) is 8.95. The van der Waals surface area contributed by atoms with Crippen molar-refractivity contribution in [1.29, 1.82) is 0 Å². The van der Waals surface area contributed by atoms with Crippen molar-refractivity contribution in [1.82, 2.24) is 30.4 Å². The standard InChI is InChI=1S/C20H20N6O3S/c1-29-16-6-4-15(5-7-16)26-17(9-14-10-18(27)23-19(28)22-14)24-25-20(26)30-12-13-3-2-8-21-11-13/h2-8,11,14H,9-10,12H2,1H3,(H2,22,23,27,28). The molecular weight excluding hydrogens is 404 g/mol. The molecule has 0 bridgehead atoms. The normalized spacial score (nSPS) is 16.1. The number of hydrogen-bond donors (Lipinski definition) is 2. The lowest BCUT2D eigenvalue weighted by molar-refractivity contribution is -0.121. The third kappa shape index (κ3) is 4.60. The minimum absolute atomic E-state index is 0.194. The molecule has 0 saturated carbocycles. The molecule has 1 unspecified atom stereocenters. The zero-order valence-electron chi connectivity index (χ0n) is 16.2. The molecule has 2 aromatic heterocycles. The summed E-state index contributed by atoms with van der Waals surface area (Å²) in [4.78, 5) is 27.5. The van der Waals surface area contributed by atoms with Crippen LogP contribution in [0, 0.1) is 0 Å². The van der Waals surface area contributed by atoms with Crippen LogP contribution in [0.15, 0.2) is 53.9 Å². The predicted octanol–water partition coefficient (Wildman–Crippen LogP) is 2.10. The van der Waals surface area contributed by atoms with Crippen LogP contribution < -0.4 is 15.4 Å². The summed E-state index contributed by atoms with van der Waals surface area (Å²) in [6.45, 7) is 0. The summed E-state index contributed by atoms with van der Waals surface area (Å²) in [7, 11) is 1.62. The summed E-state index contributed by atoms with van der Waals surface area (Å²) in [6.07, 6.45) is 4.13. The topological polar surface area (TPSA) is 111 Å². The molecule has 4 rings (SSSR count). The molecule has 1 fully saturated rings. The van der Waals surface area contributed by atoms with Gasteiger partial charge in [0.05, 0.1) is 7.11 Å². The Morgan fingerprint density at radius 3 is 2.73 bits per heavy atom. The van der Waals surface area contributed by atoms with E-state index in [-0.39, 0.29) is 18.4 Å². The molecule has 1 aromatic carbocycles. The molecule has 0 radical (unpaired) electrons. The average molecular weight is 424 g/mol. The van der Waals surface area contributed by atoms with E-state index in [2.05, 4.69) is 25.8 Å². The highest BCUT2D eigenvalue weighted by molar-refractivity contribution is 7.98. The Hall–Kier alpha value is -3.40. The molecule has 30 heavy (non-hydrogen) atoms. The minimum atomic E-state index is -0.488. The van der Waals surface area contributed by atoms with Gasteiger partial charge in [-0.25, -0.2) is 4.79 Å². The molecule has 1 aliphatic rings. The van der Waals surface area contributed by atoms with Gasteiger partial charge in [-0.1, -0.05) is 17.8 Å². The van der Waals surface area contributed by atoms with Gasteiger partial charge in [-0.2, -0.15) is 0 Å². The quantitative estimate of drug-likeness (QED) is 0.559. The molecule has 9 nitrogen and oxygen atoms in total. The molecule has 0 spiro atoms. The predicted molar refractivity (Wildman–Crippen MR) is 110 cm³/mol. The first kappa shape index (κ1) is 19.9. The Morgan fingerprint density at radius 1 is 1.20 bits per heavy atom. The van der Waals surface area contributed by atoms with Crippen molar-refractivity contribution in [3.8, 4) is 11.4 Å². The van der Waals surface area contributed by atoms with E-state index in [1.807, 2.05) is 47.2 Å². The molecule has 1 saturated heterocycles. The second-order valence-electron chi connectivity index (χ2n) is 6.71. The Labute approximate surface area is 177 Å². The SMILES string of the molecule is COc1ccc(-n2c(CC3CC(=O)NC(=O)N3)nnc2SCc2cccnc2)cc1. The molecule has 3 heterocycles. The molecule has 1 atom stereocenters. The maximum Gasteiger partial charge on any atom is 0.321 e. The Morgan fingerprint density at radius 2 is 2.03 bits per heavy atom. The number of hydrogen-bond acceptors (Lipinski definition) is 7. The van der Waals surface area contributed by atoms with Gasteiger partial charge < -0.3 is 10.1 Å². The van der Waals surface area contributed by atoms with E-state index in [9.17, 15) is 9.59 Å². The van der Waals surface area contributed by atoms with E-state index in [4.69, 9.17) is 4.74 Å². The molecule has 3 aromatic rings. The summed E-state index contributed by atoms with van der Waals surface area (Å²) in [5.74, 6) is 1.79. The highest BCUT2D eigenvalue weighted by atomic mass is 32.2. The van der Waals surface area contributed by atoms with Crippen LogP contribution in [0.5, 0.6) is 5.75 Å². The highest BCUT2D eigenvalue weighted by Gasteiger charge is 2.26. The summed E-state index contributed by atoms with van der Waals surface area (Å²) in [5.41, 5.74) is 1.95. The Kier molecular flexibility index (Phi) is 5.94. The molecule has 2 N–H and O–H groups in total. The maximum absolute atomic E-state index is 11.7. The van der Waals surface area contributed by atoms with Gasteiger partial charge in [-0.15, -0.1) is 10.2 Å². The first-order valence-electron chi connectivity index (χ1n) is 9.33. The number of pyridine rings is 1. The van der Waals surface area contributed by atoms with E-state index in [1.54, 1.807) is 25.1 Å². The number of thioether (sulfide) groups is 1. The smallest absolute Gasteiger partial charge is 0.321 e. The number of urea groups is 1. The number of imide groups is 1. The Balaban J connectivity index is 1.62. The van der Waals surface area contributed by atoms with Crippen molar-refractivity contribution in [2.24, 2.45) is 0 Å². The lowest BCUT2D eigenvalue weighted by Crippen LogP contribution is -2.53. The van der Waals surface area contributed by atoms with Crippen LogP contribution in [0.1, 0.15) is 17.8 Å². The largest absolute Gasteiger partial charge is 0.497 e. The van der Waals surface area contributed by atoms with Crippen LogP contribution in [0.25, 0.3) is 5.69 Å². The molecule has 10 heteroatoms. The van der Waals surface area contributed by atoms with Gasteiger partial charge >= 0.3 is 6.03 Å². The first-order valence-corrected chi connectivity index (χ1v) is 10.3. The number of nitrogens with one attached hydrogen (secondary N) is 2. The monoisotopic (exact) mass is 424 g/mol. The van der Waals surface area contributed by atoms with Crippen molar-refractivity contribution in [2.45, 2.75) is 29.8 Å². The van der Waals surface area contributed by atoms with Crippen molar-refractivity contribution in [3.63, 3.8) is 0 Å². The van der Waals surface area contributed by atoms with E-state index in [0.717, 1.165) is 17.0 Å². The zero-order valence-corrected chi connectivity index (χ0v) is 17.1. The minimum Gasteiger partial charge on any atom is -0.497 e. The summed E-state index contributed by atoms with van der Waals surface area (Å²) < 4.78 is 7.20. The number of benzene rings is 1. The number of rotatable bonds is 7. The second-order valence-corrected chi connectivity index (χ2v) is 7.65. The fraction of sp³-hybridized carbons (Fsp3) is 0.250. The van der Waals surface area contributed by atoms with E-state index >= 15 is 0 Å². The molecule has 0 aliphatic carbocycles. The number of carbonyl (C=O) groups excluding carboxylic acids is 2. The van der Waals surface area contributed by atoms with Crippen molar-refractivity contribution >= 4 is 23.7 Å². The maximum atomic E-state index is 11.7. The van der Waals surface area contributed by atoms with Gasteiger partial charge in [0.25, 0.3) is 0 Å². The highest BCUT2D eigenvalue weighted by Crippen LogP contribution is 2.27. The van der Waals surface area contributed by atoms with Crippen LogP contribution in [0.3, 0.4) is 0 Å². The Bertz CT molecular complexity index is 1020. The van der Waals surface area contributed by atoms with Crippen LogP contribution in [0.4, 0.5) is 4.79 Å². The van der Waals surface area contributed by atoms with Gasteiger partial charge in [-0.05, 0) is 35.9 Å². The molecular formula is C20H20N6O3S. The molecule has 1 aliphatic heterocycles. The summed E-state index contributed by atoms with van der Waals surface area (Å²) >= 11 is 1.54. The van der Waals surface area contributed by atoms with Crippen LogP contribution >= 0.6 is 11.8 Å². The van der Waals surface area contributed by atoms with E-state index < -0.39 is 6.03 Å². The average Bonchev–Trinajstić information content (AvgIpc) is 3.14. The lowest BCUT2D eigenvalue weighted by Gasteiger charge is -2.23. The zero-order chi connectivity index (χ0) is 20.9. The third-order valence-electron chi connectivity index (χ3n) is 4.57. The summed E-state index contributed by atoms with van der Waals surface area (Å²) in [6, 6.07) is 10.6. The van der Waals surface area contributed by atoms with Crippen molar-refractivity contribution in [3.05, 3.63) is 60.2 Å². The van der Waals surface area contributed by atoms with Crippen LogP contribution in [0.2, 0.25) is 0 Å². The van der Waals surface area contributed by atoms with Crippen LogP contribution in [-0.4, -0.2) is 44.8 Å². The number of amides is 3. The fourth-order valence-electron chi connectivity index (χ4n) is 3.17. The fourth-order valence-corrected chi connectivity index (χ4v) is 4.07. The van der Waals surface area contributed by atoms with E-state index in [0.29, 0.717) is 23.2 Å². The number of aromatic nitrogens is 4. The van der Waals surface area contributed by atoms with Gasteiger partial charge in [0.1, 0.15) is 11.6 Å². The van der Waals surface area contributed by atoms with Gasteiger partial charge in [0.15, 0.2) is 5.16 Å². The first-order chi connectivity index (χ1) is 14.6. The number of methoxy groups -OCH3 is 1.